The van der Waals surface area contributed by atoms with Gasteiger partial charge in [-0.15, -0.1) is 17.3 Å². The molecule has 0 unspecified atom stereocenters. The van der Waals surface area contributed by atoms with Crippen molar-refractivity contribution in [2.24, 2.45) is 5.73 Å². The first kappa shape index (κ1) is 17.7. The first-order valence-electron chi connectivity index (χ1n) is 6.50. The zero-order valence-electron chi connectivity index (χ0n) is 12.5. The van der Waals surface area contributed by atoms with Gasteiger partial charge < -0.3 is 5.73 Å². The highest BCUT2D eigenvalue weighted by molar-refractivity contribution is 7.93. The largest absolute Gasteiger partial charge is 0.326 e. The molecule has 8 heteroatoms. The van der Waals surface area contributed by atoms with Gasteiger partial charge in [-0.1, -0.05) is 5.92 Å². The van der Waals surface area contributed by atoms with Gasteiger partial charge >= 0.3 is 0 Å². The summed E-state index contributed by atoms with van der Waals surface area (Å²) in [4.78, 5) is 0.562. The first-order chi connectivity index (χ1) is 10.7. The first-order valence-corrected chi connectivity index (χ1v) is 10.7. The minimum absolute atomic E-state index is 0.0769. The van der Waals surface area contributed by atoms with Crippen LogP contribution in [0.25, 0.3) is 0 Å². The van der Waals surface area contributed by atoms with Gasteiger partial charge in [0.15, 0.2) is 9.84 Å². The predicted molar refractivity (Wildman–Crippen MR) is 89.8 cm³/mol. The van der Waals surface area contributed by atoms with E-state index in [9.17, 15) is 16.8 Å². The third kappa shape index (κ3) is 3.82. The maximum absolute atomic E-state index is 12.7. The lowest BCUT2D eigenvalue weighted by Gasteiger charge is -2.06. The van der Waals surface area contributed by atoms with E-state index in [1.807, 2.05) is 0 Å². The summed E-state index contributed by atoms with van der Waals surface area (Å²) in [5, 5.41) is 0. The number of rotatable bonds is 4. The molecule has 0 fully saturated rings. The number of sulfone groups is 2. The highest BCUT2D eigenvalue weighted by Gasteiger charge is 2.22. The Kier molecular flexibility index (Phi) is 4.96. The lowest BCUT2D eigenvalue weighted by atomic mass is 10.2. The number of thiophene rings is 1. The van der Waals surface area contributed by atoms with Crippen LogP contribution in [0.1, 0.15) is 17.4 Å². The topological polar surface area (TPSA) is 94.3 Å². The fourth-order valence-corrected chi connectivity index (χ4v) is 5.35. The molecule has 0 spiro atoms. The normalized spacial score (nSPS) is 11.8. The van der Waals surface area contributed by atoms with Crippen LogP contribution in [-0.4, -0.2) is 23.1 Å². The van der Waals surface area contributed by atoms with Crippen molar-refractivity contribution in [3.05, 3.63) is 40.8 Å². The predicted octanol–water partition coefficient (Wildman–Crippen LogP) is 1.81. The van der Waals surface area contributed by atoms with Crippen molar-refractivity contribution in [2.75, 3.05) is 6.26 Å². The maximum atomic E-state index is 12.7. The van der Waals surface area contributed by atoms with Gasteiger partial charge in [0.1, 0.15) is 4.21 Å². The summed E-state index contributed by atoms with van der Waals surface area (Å²) in [6.07, 6.45) is 1.03. The van der Waals surface area contributed by atoms with Crippen LogP contribution in [0.15, 0.2) is 44.3 Å². The highest BCUT2D eigenvalue weighted by atomic mass is 32.2. The van der Waals surface area contributed by atoms with Crippen LogP contribution in [0.4, 0.5) is 0 Å². The van der Waals surface area contributed by atoms with E-state index in [0.717, 1.165) is 28.5 Å². The minimum atomic E-state index is -3.82. The van der Waals surface area contributed by atoms with Gasteiger partial charge in [-0.25, -0.2) is 16.8 Å². The van der Waals surface area contributed by atoms with E-state index in [4.69, 9.17) is 5.73 Å². The molecule has 2 aromatic rings. The zero-order chi connectivity index (χ0) is 17.3. The van der Waals surface area contributed by atoms with Gasteiger partial charge in [0, 0.05) is 23.2 Å². The molecule has 1 heterocycles. The molecular weight excluding hydrogens is 354 g/mol. The fourth-order valence-electron chi connectivity index (χ4n) is 1.89. The average Bonchev–Trinajstić information content (AvgIpc) is 2.96. The van der Waals surface area contributed by atoms with Crippen molar-refractivity contribution in [1.82, 2.24) is 0 Å². The number of benzene rings is 1. The van der Waals surface area contributed by atoms with Gasteiger partial charge in [0.2, 0.25) is 9.84 Å². The Morgan fingerprint density at radius 1 is 1.09 bits per heavy atom. The molecule has 0 aliphatic carbocycles. The van der Waals surface area contributed by atoms with Crippen LogP contribution >= 0.6 is 11.3 Å². The Balaban J connectivity index is 2.70. The summed E-state index contributed by atoms with van der Waals surface area (Å²) in [5.74, 6) is 5.35. The van der Waals surface area contributed by atoms with Crippen molar-refractivity contribution in [2.45, 2.75) is 27.5 Å². The van der Waals surface area contributed by atoms with E-state index in [2.05, 4.69) is 11.8 Å². The Morgan fingerprint density at radius 3 is 2.26 bits per heavy atom. The van der Waals surface area contributed by atoms with E-state index in [-0.39, 0.29) is 20.5 Å². The minimum Gasteiger partial charge on any atom is -0.326 e. The summed E-state index contributed by atoms with van der Waals surface area (Å²) in [7, 11) is -7.38. The molecule has 2 N–H and O–H groups in total. The van der Waals surface area contributed by atoms with Gasteiger partial charge in [-0.2, -0.15) is 0 Å². The second kappa shape index (κ2) is 6.45. The second-order valence-electron chi connectivity index (χ2n) is 4.77. The molecule has 0 bridgehead atoms. The lowest BCUT2D eigenvalue weighted by Crippen LogP contribution is -2.04. The van der Waals surface area contributed by atoms with Crippen LogP contribution < -0.4 is 5.73 Å². The molecule has 23 heavy (non-hydrogen) atoms. The monoisotopic (exact) mass is 369 g/mol. The van der Waals surface area contributed by atoms with Crippen molar-refractivity contribution in [1.29, 1.82) is 0 Å². The molecule has 0 radical (unpaired) electrons. The van der Waals surface area contributed by atoms with Crippen LogP contribution in [0, 0.1) is 11.8 Å². The molecular formula is C15H15NO4S3. The average molecular weight is 369 g/mol. The number of nitrogens with two attached hydrogens (primary N) is 1. The van der Waals surface area contributed by atoms with Gasteiger partial charge in [0.25, 0.3) is 0 Å². The highest BCUT2D eigenvalue weighted by Crippen LogP contribution is 2.29. The lowest BCUT2D eigenvalue weighted by molar-refractivity contribution is 0.597. The molecule has 0 atom stereocenters. The van der Waals surface area contributed by atoms with E-state index < -0.39 is 19.7 Å². The third-order valence-electron chi connectivity index (χ3n) is 2.99. The van der Waals surface area contributed by atoms with Crippen LogP contribution in [-0.2, 0) is 26.2 Å². The summed E-state index contributed by atoms with van der Waals surface area (Å²) < 4.78 is 49.2. The fraction of sp³-hybridized carbons (Fsp3) is 0.200. The molecule has 122 valence electrons. The Bertz CT molecular complexity index is 1010. The Labute approximate surface area is 140 Å². The Hall–Kier alpha value is -1.66. The van der Waals surface area contributed by atoms with Gasteiger partial charge in [0.05, 0.1) is 9.79 Å². The number of hydrogen-bond acceptors (Lipinski definition) is 6. The molecule has 0 aliphatic rings. The van der Waals surface area contributed by atoms with Crippen LogP contribution in [0.3, 0.4) is 0 Å². The van der Waals surface area contributed by atoms with E-state index in [1.54, 1.807) is 13.0 Å². The second-order valence-corrected chi connectivity index (χ2v) is 10.1. The van der Waals surface area contributed by atoms with Gasteiger partial charge in [-0.3, -0.25) is 0 Å². The van der Waals surface area contributed by atoms with E-state index in [0.29, 0.717) is 5.56 Å². The standard InChI is InChI=1S/C15H15NO4S3/c1-3-4-11-7-13(22(2,17)18)9-14(8-11)23(19,20)15-6-5-12(10-16)21-15/h5-9H,10,16H2,1-2H3. The Morgan fingerprint density at radius 2 is 1.74 bits per heavy atom. The van der Waals surface area contributed by atoms with Crippen LogP contribution in [0.5, 0.6) is 0 Å². The molecule has 1 aromatic carbocycles. The molecule has 0 amide bonds. The molecule has 0 saturated heterocycles. The summed E-state index contributed by atoms with van der Waals surface area (Å²) in [5.41, 5.74) is 5.85. The molecule has 2 rings (SSSR count). The van der Waals surface area contributed by atoms with Crippen molar-refractivity contribution in [3.8, 4) is 11.8 Å². The summed E-state index contributed by atoms with van der Waals surface area (Å²) >= 11 is 1.07. The summed E-state index contributed by atoms with van der Waals surface area (Å²) in [6, 6.07) is 7.02. The van der Waals surface area contributed by atoms with Crippen molar-refractivity contribution in [3.63, 3.8) is 0 Å². The number of hydrogen-bond donors (Lipinski definition) is 1. The summed E-state index contributed by atoms with van der Waals surface area (Å²) in [6.45, 7) is 1.84. The third-order valence-corrected chi connectivity index (χ3v) is 7.42. The van der Waals surface area contributed by atoms with Crippen LogP contribution in [0.2, 0.25) is 0 Å². The smallest absolute Gasteiger partial charge is 0.216 e. The molecule has 1 aromatic heterocycles. The zero-order valence-corrected chi connectivity index (χ0v) is 15.0. The van der Waals surface area contributed by atoms with Crippen molar-refractivity contribution >= 4 is 31.0 Å². The molecule has 0 aliphatic heterocycles. The maximum Gasteiger partial charge on any atom is 0.216 e. The molecule has 5 nitrogen and oxygen atoms in total. The van der Waals surface area contributed by atoms with Crippen molar-refractivity contribution < 1.29 is 16.8 Å². The van der Waals surface area contributed by atoms with E-state index in [1.165, 1.54) is 18.2 Å². The SMILES string of the molecule is CC#Cc1cc(S(C)(=O)=O)cc(S(=O)(=O)c2ccc(CN)s2)c1. The molecule has 0 saturated carbocycles. The van der Waals surface area contributed by atoms with E-state index >= 15 is 0 Å². The quantitative estimate of drug-likeness (QED) is 0.830. The van der Waals surface area contributed by atoms with Gasteiger partial charge in [-0.05, 0) is 37.3 Å².